The Balaban J connectivity index is 1.83. The van der Waals surface area contributed by atoms with E-state index >= 15 is 0 Å². The molecule has 128 valence electrons. The Morgan fingerprint density at radius 3 is 2.65 bits per heavy atom. The summed E-state index contributed by atoms with van der Waals surface area (Å²) in [5.74, 6) is 0. The molecule has 0 amide bonds. The average Bonchev–Trinajstić information content (AvgIpc) is 2.97. The third-order valence-electron chi connectivity index (χ3n) is 3.78. The van der Waals surface area contributed by atoms with E-state index in [0.717, 1.165) is 5.56 Å². The smallest absolute Gasteiger partial charge is 0.267 e. The van der Waals surface area contributed by atoms with Crippen molar-refractivity contribution in [3.63, 3.8) is 0 Å². The molecule has 0 aliphatic carbocycles. The van der Waals surface area contributed by atoms with Gasteiger partial charge >= 0.3 is 0 Å². The molecule has 0 saturated carbocycles. The molecule has 0 unspecified atom stereocenters. The van der Waals surface area contributed by atoms with Gasteiger partial charge in [-0.05, 0) is 35.9 Å². The number of hydrogen-bond acceptors (Lipinski definition) is 3. The molecule has 0 saturated heterocycles. The molecule has 7 heteroatoms. The Bertz CT molecular complexity index is 1180. The van der Waals surface area contributed by atoms with E-state index < -0.39 is 0 Å². The Kier molecular flexibility index (Phi) is 4.32. The van der Waals surface area contributed by atoms with Gasteiger partial charge in [0, 0.05) is 29.5 Å². The SMILES string of the molecule is O=c1cc(/C=C/c2cccnc2)nc2cc(Cl)n(-c3cccc(Cl)c3)n12. The monoisotopic (exact) mass is 382 g/mol. The topological polar surface area (TPSA) is 52.2 Å². The molecule has 4 aromatic rings. The fraction of sp³-hybridized carbons (Fsp3) is 0. The van der Waals surface area contributed by atoms with Gasteiger partial charge in [-0.3, -0.25) is 9.78 Å². The molecule has 0 bridgehead atoms. The van der Waals surface area contributed by atoms with Crippen molar-refractivity contribution in [1.29, 1.82) is 0 Å². The highest BCUT2D eigenvalue weighted by Crippen LogP contribution is 2.21. The maximum Gasteiger partial charge on any atom is 0.273 e. The van der Waals surface area contributed by atoms with Crippen LogP contribution in [0.3, 0.4) is 0 Å². The number of halogens is 2. The van der Waals surface area contributed by atoms with Crippen molar-refractivity contribution in [2.45, 2.75) is 0 Å². The molecule has 0 aliphatic heterocycles. The maximum absolute atomic E-state index is 12.7. The molecule has 0 N–H and O–H groups in total. The summed E-state index contributed by atoms with van der Waals surface area (Å²) in [7, 11) is 0. The van der Waals surface area contributed by atoms with Crippen molar-refractivity contribution < 1.29 is 0 Å². The van der Waals surface area contributed by atoms with E-state index in [1.807, 2.05) is 24.3 Å². The summed E-state index contributed by atoms with van der Waals surface area (Å²) in [5, 5.41) is 0.919. The minimum absolute atomic E-state index is 0.243. The van der Waals surface area contributed by atoms with Crippen LogP contribution in [0.5, 0.6) is 0 Å². The molecule has 0 radical (unpaired) electrons. The number of nitrogens with zero attached hydrogens (tertiary/aromatic N) is 4. The second-order valence-electron chi connectivity index (χ2n) is 5.57. The quantitative estimate of drug-likeness (QED) is 0.528. The van der Waals surface area contributed by atoms with E-state index in [4.69, 9.17) is 23.2 Å². The molecule has 0 fully saturated rings. The van der Waals surface area contributed by atoms with Crippen LogP contribution in [0.15, 0.2) is 65.7 Å². The van der Waals surface area contributed by atoms with Crippen LogP contribution < -0.4 is 5.56 Å². The Hall–Kier alpha value is -2.89. The minimum Gasteiger partial charge on any atom is -0.267 e. The number of fused-ring (bicyclic) bond motifs is 1. The Labute approximate surface area is 158 Å². The van der Waals surface area contributed by atoms with E-state index in [-0.39, 0.29) is 5.56 Å². The van der Waals surface area contributed by atoms with Crippen LogP contribution in [0.25, 0.3) is 23.5 Å². The number of benzene rings is 1. The van der Waals surface area contributed by atoms with Gasteiger partial charge in [-0.1, -0.05) is 41.4 Å². The molecule has 0 spiro atoms. The van der Waals surface area contributed by atoms with Crippen molar-refractivity contribution in [3.8, 4) is 5.69 Å². The zero-order valence-electron chi connectivity index (χ0n) is 13.4. The van der Waals surface area contributed by atoms with Gasteiger partial charge in [-0.25, -0.2) is 9.67 Å². The fourth-order valence-electron chi connectivity index (χ4n) is 2.66. The minimum atomic E-state index is -0.243. The Morgan fingerprint density at radius 1 is 1.00 bits per heavy atom. The van der Waals surface area contributed by atoms with E-state index in [0.29, 0.717) is 27.2 Å². The van der Waals surface area contributed by atoms with Crippen molar-refractivity contribution >= 4 is 41.0 Å². The number of aromatic nitrogens is 4. The number of pyridine rings is 1. The van der Waals surface area contributed by atoms with Crippen LogP contribution in [0.4, 0.5) is 0 Å². The lowest BCUT2D eigenvalue weighted by molar-refractivity contribution is 0.764. The molecular formula is C19H12Cl2N4O. The van der Waals surface area contributed by atoms with Gasteiger partial charge in [0.1, 0.15) is 5.15 Å². The molecule has 0 atom stereocenters. The summed E-state index contributed by atoms with van der Waals surface area (Å²) in [6, 6.07) is 14.0. The number of hydrogen-bond donors (Lipinski definition) is 0. The number of rotatable bonds is 3. The average molecular weight is 383 g/mol. The van der Waals surface area contributed by atoms with Gasteiger partial charge in [0.25, 0.3) is 5.56 Å². The highest BCUT2D eigenvalue weighted by atomic mass is 35.5. The zero-order chi connectivity index (χ0) is 18.1. The summed E-state index contributed by atoms with van der Waals surface area (Å²) in [4.78, 5) is 21.2. The van der Waals surface area contributed by atoms with Crippen LogP contribution in [-0.4, -0.2) is 19.2 Å². The second kappa shape index (κ2) is 6.78. The van der Waals surface area contributed by atoms with Gasteiger partial charge in [-0.15, -0.1) is 0 Å². The Morgan fingerprint density at radius 2 is 1.88 bits per heavy atom. The van der Waals surface area contributed by atoms with Crippen LogP contribution >= 0.6 is 23.2 Å². The molecular weight excluding hydrogens is 371 g/mol. The third-order valence-corrected chi connectivity index (χ3v) is 4.28. The van der Waals surface area contributed by atoms with E-state index in [2.05, 4.69) is 9.97 Å². The molecule has 1 aromatic carbocycles. The van der Waals surface area contributed by atoms with Crippen LogP contribution in [-0.2, 0) is 0 Å². The highest BCUT2D eigenvalue weighted by molar-refractivity contribution is 6.31. The van der Waals surface area contributed by atoms with E-state index in [1.165, 1.54) is 10.6 Å². The third kappa shape index (κ3) is 3.14. The first-order chi connectivity index (χ1) is 12.6. The van der Waals surface area contributed by atoms with Crippen molar-refractivity contribution in [3.05, 3.63) is 92.7 Å². The summed E-state index contributed by atoms with van der Waals surface area (Å²) in [5.41, 5.74) is 2.35. The fourth-order valence-corrected chi connectivity index (χ4v) is 3.11. The maximum atomic E-state index is 12.7. The predicted molar refractivity (Wildman–Crippen MR) is 104 cm³/mol. The van der Waals surface area contributed by atoms with E-state index in [9.17, 15) is 4.79 Å². The van der Waals surface area contributed by atoms with E-state index in [1.54, 1.807) is 47.4 Å². The lowest BCUT2D eigenvalue weighted by atomic mass is 10.2. The van der Waals surface area contributed by atoms with Crippen LogP contribution in [0.2, 0.25) is 10.2 Å². The molecule has 26 heavy (non-hydrogen) atoms. The zero-order valence-corrected chi connectivity index (χ0v) is 14.9. The normalized spacial score (nSPS) is 11.5. The standard InChI is InChI=1S/C19H12Cl2N4O/c20-14-4-1-5-16(9-14)24-17(21)11-18-23-15(10-19(26)25(18)24)7-6-13-3-2-8-22-12-13/h1-12H/b7-6+. The van der Waals surface area contributed by atoms with Gasteiger partial charge < -0.3 is 0 Å². The summed E-state index contributed by atoms with van der Waals surface area (Å²) in [6.07, 6.45) is 7.05. The first-order valence-electron chi connectivity index (χ1n) is 7.77. The molecule has 3 heterocycles. The van der Waals surface area contributed by atoms with Gasteiger partial charge in [0.05, 0.1) is 11.4 Å². The first-order valence-corrected chi connectivity index (χ1v) is 8.53. The van der Waals surface area contributed by atoms with Gasteiger partial charge in [0.2, 0.25) is 0 Å². The van der Waals surface area contributed by atoms with Gasteiger partial charge in [-0.2, -0.15) is 4.52 Å². The lowest BCUT2D eigenvalue weighted by Gasteiger charge is -2.08. The van der Waals surface area contributed by atoms with Crippen molar-refractivity contribution in [2.75, 3.05) is 0 Å². The summed E-state index contributed by atoms with van der Waals surface area (Å²) in [6.45, 7) is 0. The summed E-state index contributed by atoms with van der Waals surface area (Å²) >= 11 is 12.4. The van der Waals surface area contributed by atoms with Crippen molar-refractivity contribution in [2.24, 2.45) is 0 Å². The van der Waals surface area contributed by atoms with Gasteiger partial charge in [0.15, 0.2) is 5.65 Å². The summed E-state index contributed by atoms with van der Waals surface area (Å²) < 4.78 is 2.99. The lowest BCUT2D eigenvalue weighted by Crippen LogP contribution is -2.20. The molecule has 3 aromatic heterocycles. The predicted octanol–water partition coefficient (Wildman–Crippen LogP) is 4.36. The second-order valence-corrected chi connectivity index (χ2v) is 6.39. The largest absolute Gasteiger partial charge is 0.273 e. The van der Waals surface area contributed by atoms with Crippen molar-refractivity contribution in [1.82, 2.24) is 19.2 Å². The highest BCUT2D eigenvalue weighted by Gasteiger charge is 2.12. The van der Waals surface area contributed by atoms with Crippen LogP contribution in [0.1, 0.15) is 11.3 Å². The molecule has 5 nitrogen and oxygen atoms in total. The molecule has 4 rings (SSSR count). The molecule has 0 aliphatic rings. The van der Waals surface area contributed by atoms with Crippen LogP contribution in [0, 0.1) is 0 Å². The first kappa shape index (κ1) is 16.6.